The standard InChI is InChI=1S/C16H23BrFN/c1-2-19-16(10-12-6-4-3-5-7-12)14-11-13(18)8-9-15(14)17/h8-9,11-12,16,19H,2-7,10H2,1H3. The molecular weight excluding hydrogens is 305 g/mol. The fraction of sp³-hybridized carbons (Fsp3) is 0.625. The van der Waals surface area contributed by atoms with E-state index in [2.05, 4.69) is 28.2 Å². The summed E-state index contributed by atoms with van der Waals surface area (Å²) in [5.74, 6) is 0.637. The van der Waals surface area contributed by atoms with Crippen LogP contribution < -0.4 is 5.32 Å². The van der Waals surface area contributed by atoms with E-state index in [1.54, 1.807) is 6.07 Å². The van der Waals surface area contributed by atoms with E-state index in [-0.39, 0.29) is 11.9 Å². The smallest absolute Gasteiger partial charge is 0.123 e. The zero-order valence-electron chi connectivity index (χ0n) is 11.6. The molecule has 0 bridgehead atoms. The zero-order chi connectivity index (χ0) is 13.7. The minimum Gasteiger partial charge on any atom is -0.310 e. The van der Waals surface area contributed by atoms with E-state index < -0.39 is 0 Å². The fourth-order valence-corrected chi connectivity index (χ4v) is 3.63. The van der Waals surface area contributed by atoms with Crippen LogP contribution in [0.4, 0.5) is 4.39 Å². The van der Waals surface area contributed by atoms with Crippen molar-refractivity contribution in [3.05, 3.63) is 34.1 Å². The first kappa shape index (κ1) is 15.0. The topological polar surface area (TPSA) is 12.0 Å². The summed E-state index contributed by atoms with van der Waals surface area (Å²) in [5.41, 5.74) is 1.06. The van der Waals surface area contributed by atoms with Crippen molar-refractivity contribution in [2.24, 2.45) is 5.92 Å². The third kappa shape index (κ3) is 4.28. The second kappa shape index (κ2) is 7.39. The maximum atomic E-state index is 13.5. The lowest BCUT2D eigenvalue weighted by Gasteiger charge is -2.28. The van der Waals surface area contributed by atoms with Crippen LogP contribution in [0.1, 0.15) is 57.1 Å². The number of hydrogen-bond donors (Lipinski definition) is 1. The Morgan fingerprint density at radius 2 is 2.05 bits per heavy atom. The van der Waals surface area contributed by atoms with Gasteiger partial charge in [0.2, 0.25) is 0 Å². The van der Waals surface area contributed by atoms with Crippen molar-refractivity contribution >= 4 is 15.9 Å². The molecule has 1 unspecified atom stereocenters. The second-order valence-corrected chi connectivity index (χ2v) is 6.37. The predicted octanol–water partition coefficient (Wildman–Crippen LogP) is 5.21. The van der Waals surface area contributed by atoms with E-state index in [4.69, 9.17) is 0 Å². The molecule has 1 aliphatic rings. The third-order valence-electron chi connectivity index (χ3n) is 4.08. The monoisotopic (exact) mass is 327 g/mol. The van der Waals surface area contributed by atoms with Crippen molar-refractivity contribution in [1.29, 1.82) is 0 Å². The van der Waals surface area contributed by atoms with E-state index >= 15 is 0 Å². The molecule has 1 atom stereocenters. The number of rotatable bonds is 5. The molecule has 19 heavy (non-hydrogen) atoms. The molecule has 0 aromatic heterocycles. The van der Waals surface area contributed by atoms with Gasteiger partial charge >= 0.3 is 0 Å². The fourth-order valence-electron chi connectivity index (χ4n) is 3.10. The van der Waals surface area contributed by atoms with E-state index in [1.807, 2.05) is 6.07 Å². The first-order valence-corrected chi connectivity index (χ1v) is 8.18. The third-order valence-corrected chi connectivity index (χ3v) is 4.80. The molecule has 0 heterocycles. The van der Waals surface area contributed by atoms with Crippen molar-refractivity contribution in [2.45, 2.75) is 51.5 Å². The number of nitrogens with one attached hydrogen (secondary N) is 1. The molecule has 106 valence electrons. The van der Waals surface area contributed by atoms with Gasteiger partial charge in [0.25, 0.3) is 0 Å². The molecule has 0 aliphatic heterocycles. The van der Waals surface area contributed by atoms with Crippen molar-refractivity contribution < 1.29 is 4.39 Å². The molecule has 1 N–H and O–H groups in total. The summed E-state index contributed by atoms with van der Waals surface area (Å²) in [4.78, 5) is 0. The van der Waals surface area contributed by atoms with Crippen LogP contribution in [0.3, 0.4) is 0 Å². The Kier molecular flexibility index (Phi) is 5.83. The Balaban J connectivity index is 2.11. The minimum atomic E-state index is -0.148. The molecule has 1 nitrogen and oxygen atoms in total. The summed E-state index contributed by atoms with van der Waals surface area (Å²) < 4.78 is 14.5. The maximum Gasteiger partial charge on any atom is 0.123 e. The lowest BCUT2D eigenvalue weighted by Crippen LogP contribution is -2.24. The van der Waals surface area contributed by atoms with E-state index in [9.17, 15) is 4.39 Å². The van der Waals surface area contributed by atoms with Crippen LogP contribution in [0.25, 0.3) is 0 Å². The van der Waals surface area contributed by atoms with Gasteiger partial charge in [-0.05, 0) is 42.6 Å². The van der Waals surface area contributed by atoms with Crippen molar-refractivity contribution in [3.63, 3.8) is 0 Å². The van der Waals surface area contributed by atoms with E-state index in [0.717, 1.165) is 28.9 Å². The Morgan fingerprint density at radius 3 is 2.74 bits per heavy atom. The van der Waals surface area contributed by atoms with Gasteiger partial charge in [-0.3, -0.25) is 0 Å². The Morgan fingerprint density at radius 1 is 1.32 bits per heavy atom. The summed E-state index contributed by atoms with van der Waals surface area (Å²) in [6, 6.07) is 5.26. The van der Waals surface area contributed by atoms with Gasteiger partial charge in [-0.1, -0.05) is 55.0 Å². The molecule has 2 rings (SSSR count). The first-order valence-electron chi connectivity index (χ1n) is 7.39. The van der Waals surface area contributed by atoms with Crippen LogP contribution in [0, 0.1) is 11.7 Å². The van der Waals surface area contributed by atoms with Crippen molar-refractivity contribution in [3.8, 4) is 0 Å². The van der Waals surface area contributed by atoms with E-state index in [0.29, 0.717) is 0 Å². The Labute approximate surface area is 124 Å². The number of halogens is 2. The summed E-state index contributed by atoms with van der Waals surface area (Å²) in [6.07, 6.45) is 7.87. The molecule has 0 radical (unpaired) electrons. The predicted molar refractivity (Wildman–Crippen MR) is 81.7 cm³/mol. The highest BCUT2D eigenvalue weighted by Crippen LogP contribution is 2.34. The average molecular weight is 328 g/mol. The van der Waals surface area contributed by atoms with Crippen LogP contribution in [0.15, 0.2) is 22.7 Å². The average Bonchev–Trinajstić information content (AvgIpc) is 2.42. The van der Waals surface area contributed by atoms with Gasteiger partial charge in [0.1, 0.15) is 5.82 Å². The molecule has 0 amide bonds. The number of benzene rings is 1. The summed E-state index contributed by atoms with van der Waals surface area (Å²) >= 11 is 3.56. The van der Waals surface area contributed by atoms with Crippen molar-refractivity contribution in [1.82, 2.24) is 5.32 Å². The Hall–Kier alpha value is -0.410. The number of hydrogen-bond acceptors (Lipinski definition) is 1. The molecule has 3 heteroatoms. The SMILES string of the molecule is CCNC(CC1CCCCC1)c1cc(F)ccc1Br. The molecule has 1 aliphatic carbocycles. The van der Waals surface area contributed by atoms with Gasteiger partial charge in [-0.15, -0.1) is 0 Å². The van der Waals surface area contributed by atoms with Gasteiger partial charge < -0.3 is 5.32 Å². The lowest BCUT2D eigenvalue weighted by atomic mass is 9.83. The summed E-state index contributed by atoms with van der Waals surface area (Å²) in [7, 11) is 0. The molecule has 1 saturated carbocycles. The first-order chi connectivity index (χ1) is 9.20. The van der Waals surface area contributed by atoms with Crippen LogP contribution in [0.5, 0.6) is 0 Å². The molecule has 1 aromatic rings. The van der Waals surface area contributed by atoms with E-state index in [1.165, 1.54) is 38.2 Å². The summed E-state index contributed by atoms with van der Waals surface area (Å²) in [5, 5.41) is 3.52. The van der Waals surface area contributed by atoms with Gasteiger partial charge in [0, 0.05) is 10.5 Å². The second-order valence-electron chi connectivity index (χ2n) is 5.52. The van der Waals surface area contributed by atoms with Crippen molar-refractivity contribution in [2.75, 3.05) is 6.54 Å². The van der Waals surface area contributed by atoms with Gasteiger partial charge in [0.15, 0.2) is 0 Å². The normalized spacial score (nSPS) is 18.5. The molecular formula is C16H23BrFN. The van der Waals surface area contributed by atoms with Crippen LogP contribution in [-0.2, 0) is 0 Å². The highest BCUT2D eigenvalue weighted by Gasteiger charge is 2.21. The summed E-state index contributed by atoms with van der Waals surface area (Å²) in [6.45, 7) is 3.03. The highest BCUT2D eigenvalue weighted by atomic mass is 79.9. The quantitative estimate of drug-likeness (QED) is 0.782. The van der Waals surface area contributed by atoms with Gasteiger partial charge in [0.05, 0.1) is 0 Å². The lowest BCUT2D eigenvalue weighted by molar-refractivity contribution is 0.301. The van der Waals surface area contributed by atoms with Gasteiger partial charge in [-0.25, -0.2) is 4.39 Å². The van der Waals surface area contributed by atoms with Gasteiger partial charge in [-0.2, -0.15) is 0 Å². The molecule has 0 spiro atoms. The Bertz CT molecular complexity index is 402. The zero-order valence-corrected chi connectivity index (χ0v) is 13.2. The minimum absolute atomic E-state index is 0.148. The van der Waals surface area contributed by atoms with Crippen LogP contribution >= 0.6 is 15.9 Å². The molecule has 1 aromatic carbocycles. The van der Waals surface area contributed by atoms with Crippen LogP contribution in [-0.4, -0.2) is 6.54 Å². The molecule has 0 saturated heterocycles. The molecule has 1 fully saturated rings. The highest BCUT2D eigenvalue weighted by molar-refractivity contribution is 9.10. The maximum absolute atomic E-state index is 13.5. The van der Waals surface area contributed by atoms with Crippen LogP contribution in [0.2, 0.25) is 0 Å². The largest absolute Gasteiger partial charge is 0.310 e.